The maximum atomic E-state index is 12.3. The maximum absolute atomic E-state index is 12.3. The third-order valence-corrected chi connectivity index (χ3v) is 4.35. The summed E-state index contributed by atoms with van der Waals surface area (Å²) in [6.45, 7) is 4.28. The van der Waals surface area contributed by atoms with E-state index < -0.39 is 0 Å². The highest BCUT2D eigenvalue weighted by Crippen LogP contribution is 2.22. The summed E-state index contributed by atoms with van der Waals surface area (Å²) in [6.07, 6.45) is 2.35. The predicted molar refractivity (Wildman–Crippen MR) is 93.6 cm³/mol. The van der Waals surface area contributed by atoms with Gasteiger partial charge < -0.3 is 15.0 Å². The second-order valence-electron chi connectivity index (χ2n) is 6.10. The number of carbonyl (C=O) groups excluding carboxylic acids is 1. The average molecular weight is 326 g/mol. The number of benzene rings is 1. The summed E-state index contributed by atoms with van der Waals surface area (Å²) in [7, 11) is 1.54. The molecule has 6 heteroatoms. The van der Waals surface area contributed by atoms with E-state index in [1.165, 1.54) is 12.8 Å². The highest BCUT2D eigenvalue weighted by Gasteiger charge is 2.18. The Labute approximate surface area is 141 Å². The van der Waals surface area contributed by atoms with Crippen molar-refractivity contribution < 1.29 is 9.53 Å². The van der Waals surface area contributed by atoms with E-state index in [9.17, 15) is 4.79 Å². The molecule has 0 saturated carbocycles. The summed E-state index contributed by atoms with van der Waals surface area (Å²) in [5, 5.41) is 11.1. The summed E-state index contributed by atoms with van der Waals surface area (Å²) in [4.78, 5) is 14.6. The van der Waals surface area contributed by atoms with Crippen LogP contribution in [0.2, 0.25) is 0 Å². The van der Waals surface area contributed by atoms with Gasteiger partial charge in [0.1, 0.15) is 5.75 Å². The Morgan fingerprint density at radius 3 is 2.58 bits per heavy atom. The molecule has 1 saturated heterocycles. The first kappa shape index (κ1) is 16.2. The van der Waals surface area contributed by atoms with Crippen molar-refractivity contribution in [2.45, 2.75) is 19.8 Å². The van der Waals surface area contributed by atoms with Gasteiger partial charge >= 0.3 is 0 Å². The van der Waals surface area contributed by atoms with E-state index in [4.69, 9.17) is 4.74 Å². The molecule has 6 nitrogen and oxygen atoms in total. The van der Waals surface area contributed by atoms with Gasteiger partial charge in [0.2, 0.25) is 0 Å². The number of carbonyl (C=O) groups is 1. The largest absolute Gasteiger partial charge is 0.496 e. The van der Waals surface area contributed by atoms with Gasteiger partial charge in [-0.15, -0.1) is 10.2 Å². The lowest BCUT2D eigenvalue weighted by molar-refractivity contribution is 0.102. The van der Waals surface area contributed by atoms with Crippen LogP contribution < -0.4 is 15.0 Å². The molecule has 0 atom stereocenters. The van der Waals surface area contributed by atoms with Gasteiger partial charge in [-0.1, -0.05) is 19.1 Å². The normalized spacial score (nSPS) is 15.2. The molecule has 1 amide bonds. The number of hydrogen-bond donors (Lipinski definition) is 1. The highest BCUT2D eigenvalue weighted by molar-refractivity contribution is 6.05. The number of methoxy groups -OCH3 is 1. The van der Waals surface area contributed by atoms with Crippen molar-refractivity contribution >= 4 is 17.5 Å². The van der Waals surface area contributed by atoms with Crippen LogP contribution in [0.25, 0.3) is 0 Å². The zero-order valence-electron chi connectivity index (χ0n) is 14.0. The van der Waals surface area contributed by atoms with E-state index in [2.05, 4.69) is 27.3 Å². The molecule has 3 rings (SSSR count). The summed E-state index contributed by atoms with van der Waals surface area (Å²) in [6, 6.07) is 10.8. The van der Waals surface area contributed by atoms with E-state index >= 15 is 0 Å². The average Bonchev–Trinajstić information content (AvgIpc) is 2.63. The molecule has 1 aromatic carbocycles. The molecule has 1 aromatic heterocycles. The minimum Gasteiger partial charge on any atom is -0.496 e. The molecule has 2 heterocycles. The highest BCUT2D eigenvalue weighted by atomic mass is 16.5. The number of rotatable bonds is 4. The van der Waals surface area contributed by atoms with Crippen molar-refractivity contribution in [1.82, 2.24) is 10.2 Å². The summed E-state index contributed by atoms with van der Waals surface area (Å²) < 4.78 is 5.21. The van der Waals surface area contributed by atoms with Gasteiger partial charge in [0, 0.05) is 13.1 Å². The fraction of sp³-hybridized carbons (Fsp3) is 0.389. The van der Waals surface area contributed by atoms with Gasteiger partial charge in [-0.25, -0.2) is 0 Å². The molecule has 0 unspecified atom stereocenters. The lowest BCUT2D eigenvalue weighted by Gasteiger charge is -2.30. The number of anilines is 2. The molecule has 2 aromatic rings. The Balaban J connectivity index is 1.67. The Kier molecular flexibility index (Phi) is 4.93. The fourth-order valence-corrected chi connectivity index (χ4v) is 2.81. The Morgan fingerprint density at radius 2 is 1.92 bits per heavy atom. The van der Waals surface area contributed by atoms with Crippen LogP contribution in [-0.4, -0.2) is 36.3 Å². The van der Waals surface area contributed by atoms with Gasteiger partial charge in [0.25, 0.3) is 5.91 Å². The van der Waals surface area contributed by atoms with E-state index in [1.807, 2.05) is 12.1 Å². The molecule has 0 aliphatic carbocycles. The topological polar surface area (TPSA) is 67.3 Å². The van der Waals surface area contributed by atoms with Crippen molar-refractivity contribution in [1.29, 1.82) is 0 Å². The third kappa shape index (κ3) is 3.64. The monoisotopic (exact) mass is 326 g/mol. The summed E-state index contributed by atoms with van der Waals surface area (Å²) >= 11 is 0. The number of aromatic nitrogens is 2. The van der Waals surface area contributed by atoms with Crippen LogP contribution in [0.4, 0.5) is 11.6 Å². The standard InChI is InChI=1S/C18H22N4O2/c1-13-9-11-22(12-10-13)17-8-7-16(20-21-17)19-18(23)14-5-3-4-6-15(14)24-2/h3-8,13H,9-12H2,1-2H3,(H,19,20,23). The number of nitrogens with zero attached hydrogens (tertiary/aromatic N) is 3. The first-order valence-electron chi connectivity index (χ1n) is 8.20. The van der Waals surface area contributed by atoms with Crippen LogP contribution >= 0.6 is 0 Å². The van der Waals surface area contributed by atoms with Crippen LogP contribution in [0.15, 0.2) is 36.4 Å². The number of nitrogens with one attached hydrogen (secondary N) is 1. The van der Waals surface area contributed by atoms with Gasteiger partial charge in [-0.3, -0.25) is 4.79 Å². The van der Waals surface area contributed by atoms with E-state index in [-0.39, 0.29) is 5.91 Å². The van der Waals surface area contributed by atoms with Gasteiger partial charge in [-0.2, -0.15) is 0 Å². The molecule has 1 N–H and O–H groups in total. The van der Waals surface area contributed by atoms with Gasteiger partial charge in [0.05, 0.1) is 12.7 Å². The zero-order chi connectivity index (χ0) is 16.9. The van der Waals surface area contributed by atoms with E-state index in [0.29, 0.717) is 17.1 Å². The molecule has 0 spiro atoms. The Hall–Kier alpha value is -2.63. The third-order valence-electron chi connectivity index (χ3n) is 4.35. The Bertz CT molecular complexity index is 694. The van der Waals surface area contributed by atoms with Crippen LogP contribution in [0.3, 0.4) is 0 Å². The molecule has 1 aliphatic rings. The molecule has 24 heavy (non-hydrogen) atoms. The lowest BCUT2D eigenvalue weighted by atomic mass is 9.99. The molecule has 0 bridgehead atoms. The first-order valence-corrected chi connectivity index (χ1v) is 8.20. The Morgan fingerprint density at radius 1 is 1.17 bits per heavy atom. The minimum atomic E-state index is -0.263. The number of para-hydroxylation sites is 1. The molecule has 0 radical (unpaired) electrons. The lowest BCUT2D eigenvalue weighted by Crippen LogP contribution is -2.33. The summed E-state index contributed by atoms with van der Waals surface area (Å²) in [5.41, 5.74) is 0.468. The van der Waals surface area contributed by atoms with Crippen molar-refractivity contribution in [2.75, 3.05) is 30.4 Å². The van der Waals surface area contributed by atoms with Crippen molar-refractivity contribution in [2.24, 2.45) is 5.92 Å². The summed E-state index contributed by atoms with van der Waals surface area (Å²) in [5.74, 6) is 2.33. The predicted octanol–water partition coefficient (Wildman–Crippen LogP) is 2.97. The first-order chi connectivity index (χ1) is 11.7. The quantitative estimate of drug-likeness (QED) is 0.935. The van der Waals surface area contributed by atoms with Crippen molar-refractivity contribution in [3.63, 3.8) is 0 Å². The number of hydrogen-bond acceptors (Lipinski definition) is 5. The molecule has 1 fully saturated rings. The minimum absolute atomic E-state index is 0.263. The second-order valence-corrected chi connectivity index (χ2v) is 6.10. The number of ether oxygens (including phenoxy) is 1. The van der Waals surface area contributed by atoms with Crippen molar-refractivity contribution in [3.05, 3.63) is 42.0 Å². The van der Waals surface area contributed by atoms with E-state index in [1.54, 1.807) is 31.4 Å². The van der Waals surface area contributed by atoms with Crippen LogP contribution in [0.5, 0.6) is 5.75 Å². The molecular weight excluding hydrogens is 304 g/mol. The molecular formula is C18H22N4O2. The second kappa shape index (κ2) is 7.29. The van der Waals surface area contributed by atoms with Crippen LogP contribution in [0, 0.1) is 5.92 Å². The SMILES string of the molecule is COc1ccccc1C(=O)Nc1ccc(N2CCC(C)CC2)nn1. The number of piperidine rings is 1. The van der Waals surface area contributed by atoms with E-state index in [0.717, 1.165) is 24.8 Å². The van der Waals surface area contributed by atoms with Gasteiger partial charge in [0.15, 0.2) is 11.6 Å². The molecule has 126 valence electrons. The maximum Gasteiger partial charge on any atom is 0.260 e. The van der Waals surface area contributed by atoms with Gasteiger partial charge in [-0.05, 0) is 43.0 Å². The molecule has 1 aliphatic heterocycles. The van der Waals surface area contributed by atoms with Crippen LogP contribution in [0.1, 0.15) is 30.1 Å². The fourth-order valence-electron chi connectivity index (χ4n) is 2.81. The zero-order valence-corrected chi connectivity index (χ0v) is 14.0. The van der Waals surface area contributed by atoms with Crippen molar-refractivity contribution in [3.8, 4) is 5.75 Å². The number of amides is 1. The smallest absolute Gasteiger partial charge is 0.260 e. The van der Waals surface area contributed by atoms with Crippen LogP contribution in [-0.2, 0) is 0 Å².